The van der Waals surface area contributed by atoms with Crippen LogP contribution in [0, 0.1) is 17.6 Å². The van der Waals surface area contributed by atoms with Crippen LogP contribution in [0.15, 0.2) is 18.2 Å². The topological polar surface area (TPSA) is 29.3 Å². The fourth-order valence-electron chi connectivity index (χ4n) is 3.40. The molecule has 21 heavy (non-hydrogen) atoms. The van der Waals surface area contributed by atoms with E-state index < -0.39 is 5.82 Å². The van der Waals surface area contributed by atoms with Crippen molar-refractivity contribution in [3.8, 4) is 0 Å². The van der Waals surface area contributed by atoms with E-state index in [1.54, 1.807) is 0 Å². The quantitative estimate of drug-likeness (QED) is 0.863. The Balaban J connectivity index is 2.31. The molecule has 2 rings (SSSR count). The Bertz CT molecular complexity index is 456. The predicted octanol–water partition coefficient (Wildman–Crippen LogP) is 3.87. The van der Waals surface area contributed by atoms with Crippen LogP contribution in [0.4, 0.5) is 8.78 Å². The van der Waals surface area contributed by atoms with Gasteiger partial charge in [-0.15, -0.1) is 0 Å². The van der Waals surface area contributed by atoms with Crippen molar-refractivity contribution in [1.29, 1.82) is 0 Å². The van der Waals surface area contributed by atoms with Gasteiger partial charge in [0.2, 0.25) is 0 Å². The first-order valence-electron chi connectivity index (χ1n) is 7.93. The molecule has 0 aromatic heterocycles. The molecule has 0 heterocycles. The Kier molecular flexibility index (Phi) is 5.71. The molecule has 1 atom stereocenters. The zero-order valence-corrected chi connectivity index (χ0v) is 13.0. The maximum absolute atomic E-state index is 14.1. The summed E-state index contributed by atoms with van der Waals surface area (Å²) >= 11 is 0. The van der Waals surface area contributed by atoms with Crippen LogP contribution in [0.5, 0.6) is 0 Å². The number of halogens is 2. The SMILES string of the molecule is CC(C)CN(C1CCCC1)C(CN)c1cc(F)ccc1F. The van der Waals surface area contributed by atoms with Crippen LogP contribution in [0.25, 0.3) is 0 Å². The zero-order valence-electron chi connectivity index (χ0n) is 13.0. The van der Waals surface area contributed by atoms with Gasteiger partial charge in [-0.05, 0) is 37.0 Å². The fraction of sp³-hybridized carbons (Fsp3) is 0.647. The first-order chi connectivity index (χ1) is 10.0. The van der Waals surface area contributed by atoms with Crippen LogP contribution in [0.3, 0.4) is 0 Å². The molecule has 1 unspecified atom stereocenters. The predicted molar refractivity (Wildman–Crippen MR) is 82.0 cm³/mol. The third-order valence-electron chi connectivity index (χ3n) is 4.31. The average Bonchev–Trinajstić information content (AvgIpc) is 2.95. The molecule has 1 aromatic rings. The molecule has 0 bridgehead atoms. The lowest BCUT2D eigenvalue weighted by Gasteiger charge is -2.37. The highest BCUT2D eigenvalue weighted by Gasteiger charge is 2.30. The van der Waals surface area contributed by atoms with Crippen molar-refractivity contribution in [2.24, 2.45) is 11.7 Å². The second-order valence-electron chi connectivity index (χ2n) is 6.45. The maximum Gasteiger partial charge on any atom is 0.128 e. The summed E-state index contributed by atoms with van der Waals surface area (Å²) in [6.45, 7) is 5.47. The Morgan fingerprint density at radius 3 is 2.48 bits per heavy atom. The van der Waals surface area contributed by atoms with Crippen LogP contribution in [0.1, 0.15) is 51.1 Å². The summed E-state index contributed by atoms with van der Waals surface area (Å²) in [5.41, 5.74) is 6.33. The maximum atomic E-state index is 14.1. The molecule has 0 radical (unpaired) electrons. The van der Waals surface area contributed by atoms with Gasteiger partial charge >= 0.3 is 0 Å². The molecule has 2 nitrogen and oxygen atoms in total. The molecular formula is C17H26F2N2. The Labute approximate surface area is 126 Å². The van der Waals surface area contributed by atoms with E-state index in [1.165, 1.54) is 25.0 Å². The number of hydrogen-bond acceptors (Lipinski definition) is 2. The Hall–Kier alpha value is -1.00. The average molecular weight is 296 g/mol. The van der Waals surface area contributed by atoms with E-state index in [9.17, 15) is 8.78 Å². The summed E-state index contributed by atoms with van der Waals surface area (Å²) in [7, 11) is 0. The van der Waals surface area contributed by atoms with E-state index in [1.807, 2.05) is 0 Å². The molecule has 1 aromatic carbocycles. The highest BCUT2D eigenvalue weighted by molar-refractivity contribution is 5.23. The van der Waals surface area contributed by atoms with E-state index in [0.29, 0.717) is 24.1 Å². The van der Waals surface area contributed by atoms with Crippen LogP contribution >= 0.6 is 0 Å². The van der Waals surface area contributed by atoms with Crippen LogP contribution in [0.2, 0.25) is 0 Å². The van der Waals surface area contributed by atoms with Gasteiger partial charge in [0.05, 0.1) is 6.04 Å². The van der Waals surface area contributed by atoms with Crippen molar-refractivity contribution in [1.82, 2.24) is 4.90 Å². The van der Waals surface area contributed by atoms with Gasteiger partial charge in [-0.1, -0.05) is 26.7 Å². The van der Waals surface area contributed by atoms with Gasteiger partial charge in [-0.3, -0.25) is 4.90 Å². The zero-order chi connectivity index (χ0) is 15.4. The third-order valence-corrected chi connectivity index (χ3v) is 4.31. The van der Waals surface area contributed by atoms with Crippen molar-refractivity contribution in [3.63, 3.8) is 0 Å². The lowest BCUT2D eigenvalue weighted by atomic mass is 9.99. The first-order valence-corrected chi connectivity index (χ1v) is 7.93. The normalized spacial score (nSPS) is 17.9. The number of rotatable bonds is 6. The molecular weight excluding hydrogens is 270 g/mol. The molecule has 2 N–H and O–H groups in total. The highest BCUT2D eigenvalue weighted by Crippen LogP contribution is 2.32. The van der Waals surface area contributed by atoms with Gasteiger partial charge < -0.3 is 5.73 Å². The minimum Gasteiger partial charge on any atom is -0.329 e. The monoisotopic (exact) mass is 296 g/mol. The van der Waals surface area contributed by atoms with Crippen LogP contribution < -0.4 is 5.73 Å². The second kappa shape index (κ2) is 7.32. The van der Waals surface area contributed by atoms with E-state index >= 15 is 0 Å². The largest absolute Gasteiger partial charge is 0.329 e. The van der Waals surface area contributed by atoms with Crippen molar-refractivity contribution >= 4 is 0 Å². The molecule has 0 aliphatic heterocycles. The van der Waals surface area contributed by atoms with Gasteiger partial charge in [-0.2, -0.15) is 0 Å². The summed E-state index contributed by atoms with van der Waals surface area (Å²) in [5.74, 6) is -0.296. The van der Waals surface area contributed by atoms with Crippen molar-refractivity contribution in [2.75, 3.05) is 13.1 Å². The molecule has 4 heteroatoms. The molecule has 118 valence electrons. The summed E-state index contributed by atoms with van der Waals surface area (Å²) in [6.07, 6.45) is 4.67. The van der Waals surface area contributed by atoms with Crippen LogP contribution in [-0.2, 0) is 0 Å². The standard InChI is InChI=1S/C17H26F2N2/c1-12(2)11-21(14-5-3-4-6-14)17(10-20)15-9-13(18)7-8-16(15)19/h7-9,12,14,17H,3-6,10-11,20H2,1-2H3. The minimum absolute atomic E-state index is 0.244. The van der Waals surface area contributed by atoms with Crippen molar-refractivity contribution in [2.45, 2.75) is 51.6 Å². The molecule has 1 saturated carbocycles. The summed E-state index contributed by atoms with van der Waals surface area (Å²) in [4.78, 5) is 2.30. The van der Waals surface area contributed by atoms with Crippen molar-refractivity contribution < 1.29 is 8.78 Å². The van der Waals surface area contributed by atoms with Gasteiger partial charge in [-0.25, -0.2) is 8.78 Å². The van der Waals surface area contributed by atoms with E-state index in [0.717, 1.165) is 25.5 Å². The Morgan fingerprint density at radius 2 is 1.90 bits per heavy atom. The number of nitrogens with zero attached hydrogens (tertiary/aromatic N) is 1. The van der Waals surface area contributed by atoms with Gasteiger partial charge in [0.25, 0.3) is 0 Å². The lowest BCUT2D eigenvalue weighted by molar-refractivity contribution is 0.119. The molecule has 0 spiro atoms. The van der Waals surface area contributed by atoms with Gasteiger partial charge in [0, 0.05) is 24.7 Å². The van der Waals surface area contributed by atoms with Gasteiger partial charge in [0.1, 0.15) is 11.6 Å². The lowest BCUT2D eigenvalue weighted by Crippen LogP contribution is -2.42. The van der Waals surface area contributed by atoms with Crippen LogP contribution in [-0.4, -0.2) is 24.0 Å². The van der Waals surface area contributed by atoms with Crippen molar-refractivity contribution in [3.05, 3.63) is 35.4 Å². The summed E-state index contributed by atoms with van der Waals surface area (Å²) < 4.78 is 27.7. The smallest absolute Gasteiger partial charge is 0.128 e. The molecule has 0 amide bonds. The highest BCUT2D eigenvalue weighted by atomic mass is 19.1. The molecule has 1 aliphatic rings. The minimum atomic E-state index is -0.402. The third kappa shape index (κ3) is 4.01. The fourth-order valence-corrected chi connectivity index (χ4v) is 3.40. The number of benzene rings is 1. The first kappa shape index (κ1) is 16.4. The molecule has 1 aliphatic carbocycles. The van der Waals surface area contributed by atoms with E-state index in [4.69, 9.17) is 5.73 Å². The molecule has 0 saturated heterocycles. The van der Waals surface area contributed by atoms with Gasteiger partial charge in [0.15, 0.2) is 0 Å². The Morgan fingerprint density at radius 1 is 1.24 bits per heavy atom. The molecule has 1 fully saturated rings. The summed E-state index contributed by atoms with van der Waals surface area (Å²) in [6, 6.07) is 3.86. The van der Waals surface area contributed by atoms with E-state index in [2.05, 4.69) is 18.7 Å². The number of hydrogen-bond donors (Lipinski definition) is 1. The van der Waals surface area contributed by atoms with E-state index in [-0.39, 0.29) is 11.9 Å². The number of nitrogens with two attached hydrogens (primary N) is 1. The summed E-state index contributed by atoms with van der Waals surface area (Å²) in [5, 5.41) is 0. The second-order valence-corrected chi connectivity index (χ2v) is 6.45.